The number of aromatic amines is 1. The van der Waals surface area contributed by atoms with Gasteiger partial charge in [-0.3, -0.25) is 0 Å². The lowest BCUT2D eigenvalue weighted by Gasteiger charge is -2.25. The van der Waals surface area contributed by atoms with Gasteiger partial charge in [-0.15, -0.1) is 0 Å². The third kappa shape index (κ3) is 3.05. The van der Waals surface area contributed by atoms with Gasteiger partial charge in [0.05, 0.1) is 12.3 Å². The molecule has 0 amide bonds. The summed E-state index contributed by atoms with van der Waals surface area (Å²) < 4.78 is 29.2. The first-order valence-electron chi connectivity index (χ1n) is 7.86. The summed E-state index contributed by atoms with van der Waals surface area (Å²) in [5.41, 5.74) is 1.80. The van der Waals surface area contributed by atoms with Crippen LogP contribution < -0.4 is 0 Å². The lowest BCUT2D eigenvalue weighted by molar-refractivity contribution is -0.220. The highest BCUT2D eigenvalue weighted by molar-refractivity contribution is 7.71. The Hall–Kier alpha value is -1.51. The van der Waals surface area contributed by atoms with Crippen molar-refractivity contribution in [1.29, 1.82) is 0 Å². The molecule has 0 unspecified atom stereocenters. The van der Waals surface area contributed by atoms with Crippen molar-refractivity contribution in [1.82, 2.24) is 4.98 Å². The van der Waals surface area contributed by atoms with Gasteiger partial charge in [0.25, 0.3) is 4.84 Å². The van der Waals surface area contributed by atoms with Gasteiger partial charge in [-0.2, -0.15) is 0 Å². The van der Waals surface area contributed by atoms with Crippen molar-refractivity contribution in [2.24, 2.45) is 0 Å². The molecule has 4 rings (SSSR count). The zero-order chi connectivity index (χ0) is 16.7. The molecule has 4 atom stereocenters. The Morgan fingerprint density at radius 2 is 2.00 bits per heavy atom. The summed E-state index contributed by atoms with van der Waals surface area (Å²) in [6.07, 6.45) is 0.0339. The average molecular weight is 349 g/mol. The summed E-state index contributed by atoms with van der Waals surface area (Å²) in [5, 5.41) is 0. The van der Waals surface area contributed by atoms with Gasteiger partial charge in [-0.05, 0) is 31.6 Å². The normalized spacial score (nSPS) is 31.2. The van der Waals surface area contributed by atoms with Crippen LogP contribution in [0.4, 0.5) is 0 Å². The molecule has 2 aliphatic heterocycles. The fraction of sp³-hybridized carbons (Fsp3) is 0.471. The molecule has 1 aromatic heterocycles. The Labute approximate surface area is 144 Å². The second-order valence-corrected chi connectivity index (χ2v) is 6.76. The Kier molecular flexibility index (Phi) is 4.06. The predicted octanol–water partition coefficient (Wildman–Crippen LogP) is 3.47. The van der Waals surface area contributed by atoms with Crippen LogP contribution in [-0.2, 0) is 25.6 Å². The summed E-state index contributed by atoms with van der Waals surface area (Å²) in [6.45, 7) is 4.18. The third-order valence-electron chi connectivity index (χ3n) is 4.12. The number of benzene rings is 1. The first-order chi connectivity index (χ1) is 11.5. The molecule has 6 nitrogen and oxygen atoms in total. The fourth-order valence-corrected chi connectivity index (χ4v) is 3.28. The van der Waals surface area contributed by atoms with Gasteiger partial charge in [0.1, 0.15) is 24.6 Å². The van der Waals surface area contributed by atoms with E-state index in [1.807, 2.05) is 44.2 Å². The Morgan fingerprint density at radius 1 is 1.21 bits per heavy atom. The molecular formula is C17H19NO5S. The molecule has 0 saturated carbocycles. The lowest BCUT2D eigenvalue weighted by Crippen LogP contribution is -2.33. The van der Waals surface area contributed by atoms with Crippen molar-refractivity contribution in [3.05, 3.63) is 52.7 Å². The highest BCUT2D eigenvalue weighted by Gasteiger charge is 2.56. The molecule has 24 heavy (non-hydrogen) atoms. The van der Waals surface area contributed by atoms with Crippen LogP contribution in [0.25, 0.3) is 0 Å². The van der Waals surface area contributed by atoms with Crippen LogP contribution in [0.15, 0.2) is 41.0 Å². The molecule has 7 heteroatoms. The second-order valence-electron chi connectivity index (χ2n) is 6.39. The topological polar surface area (TPSA) is 65.9 Å². The molecule has 0 radical (unpaired) electrons. The lowest BCUT2D eigenvalue weighted by atomic mass is 10.1. The minimum absolute atomic E-state index is 0.301. The second kappa shape index (κ2) is 6.09. The number of H-pyrrole nitrogens is 1. The first kappa shape index (κ1) is 16.0. The van der Waals surface area contributed by atoms with Crippen LogP contribution in [0.5, 0.6) is 0 Å². The SMILES string of the molecule is CC1(C)O[C@H]2O[C@H](c3coc(=S)[nH]3)[C@H](OCc3ccccc3)[C@H]2O1. The van der Waals surface area contributed by atoms with Crippen LogP contribution in [0.1, 0.15) is 31.2 Å². The molecule has 1 aromatic carbocycles. The zero-order valence-corrected chi connectivity index (χ0v) is 14.2. The molecule has 0 bridgehead atoms. The van der Waals surface area contributed by atoms with E-state index in [1.165, 1.54) is 0 Å². The van der Waals surface area contributed by atoms with Crippen LogP contribution in [0.3, 0.4) is 0 Å². The van der Waals surface area contributed by atoms with E-state index in [2.05, 4.69) is 4.98 Å². The minimum Gasteiger partial charge on any atom is -0.438 e. The summed E-state index contributed by atoms with van der Waals surface area (Å²) in [5.74, 6) is -0.696. The largest absolute Gasteiger partial charge is 0.438 e. The van der Waals surface area contributed by atoms with E-state index in [9.17, 15) is 0 Å². The maximum Gasteiger partial charge on any atom is 0.266 e. The predicted molar refractivity (Wildman–Crippen MR) is 86.6 cm³/mol. The summed E-state index contributed by atoms with van der Waals surface area (Å²) in [7, 11) is 0. The quantitative estimate of drug-likeness (QED) is 0.853. The van der Waals surface area contributed by atoms with Gasteiger partial charge in [-0.25, -0.2) is 0 Å². The third-order valence-corrected chi connectivity index (χ3v) is 4.32. The molecule has 0 spiro atoms. The van der Waals surface area contributed by atoms with E-state index in [-0.39, 0.29) is 18.3 Å². The van der Waals surface area contributed by atoms with E-state index in [0.29, 0.717) is 11.4 Å². The van der Waals surface area contributed by atoms with E-state index in [4.69, 9.17) is 35.6 Å². The number of aromatic nitrogens is 1. The number of fused-ring (bicyclic) bond motifs is 1. The van der Waals surface area contributed by atoms with E-state index >= 15 is 0 Å². The highest BCUT2D eigenvalue weighted by Crippen LogP contribution is 2.44. The Balaban J connectivity index is 1.56. The first-order valence-corrected chi connectivity index (χ1v) is 8.27. The summed E-state index contributed by atoms with van der Waals surface area (Å²) >= 11 is 5.00. The van der Waals surface area contributed by atoms with Gasteiger partial charge in [-0.1, -0.05) is 30.3 Å². The van der Waals surface area contributed by atoms with Crippen molar-refractivity contribution in [2.45, 2.75) is 50.8 Å². The molecular weight excluding hydrogens is 330 g/mol. The van der Waals surface area contributed by atoms with E-state index in [0.717, 1.165) is 11.3 Å². The van der Waals surface area contributed by atoms with Crippen molar-refractivity contribution in [3.8, 4) is 0 Å². The zero-order valence-electron chi connectivity index (χ0n) is 13.4. The van der Waals surface area contributed by atoms with Gasteiger partial charge in [0.2, 0.25) is 0 Å². The van der Waals surface area contributed by atoms with Crippen LogP contribution >= 0.6 is 12.2 Å². The Bertz CT molecular complexity index is 756. The van der Waals surface area contributed by atoms with Crippen LogP contribution in [-0.4, -0.2) is 29.3 Å². The molecule has 2 aliphatic rings. The van der Waals surface area contributed by atoms with Crippen molar-refractivity contribution >= 4 is 12.2 Å². The monoisotopic (exact) mass is 349 g/mol. The minimum atomic E-state index is -0.696. The van der Waals surface area contributed by atoms with E-state index < -0.39 is 12.1 Å². The molecule has 2 aromatic rings. The summed E-state index contributed by atoms with van der Waals surface area (Å²) in [6, 6.07) is 9.97. The fourth-order valence-electron chi connectivity index (χ4n) is 3.11. The van der Waals surface area contributed by atoms with Crippen molar-refractivity contribution in [3.63, 3.8) is 0 Å². The van der Waals surface area contributed by atoms with Gasteiger partial charge in [0, 0.05) is 0 Å². The Morgan fingerprint density at radius 3 is 2.71 bits per heavy atom. The maximum atomic E-state index is 6.15. The number of ether oxygens (including phenoxy) is 4. The highest BCUT2D eigenvalue weighted by atomic mass is 32.1. The number of hydrogen-bond acceptors (Lipinski definition) is 6. The molecule has 2 saturated heterocycles. The van der Waals surface area contributed by atoms with Crippen molar-refractivity contribution in [2.75, 3.05) is 0 Å². The smallest absolute Gasteiger partial charge is 0.266 e. The summed E-state index contributed by atoms with van der Waals surface area (Å²) in [4.78, 5) is 3.29. The van der Waals surface area contributed by atoms with Gasteiger partial charge in [0.15, 0.2) is 12.1 Å². The molecule has 3 heterocycles. The van der Waals surface area contributed by atoms with Gasteiger partial charge >= 0.3 is 0 Å². The van der Waals surface area contributed by atoms with Crippen molar-refractivity contribution < 1.29 is 23.4 Å². The molecule has 2 fully saturated rings. The molecule has 1 N–H and O–H groups in total. The number of nitrogens with one attached hydrogen (secondary N) is 1. The van der Waals surface area contributed by atoms with Crippen LogP contribution in [0, 0.1) is 4.84 Å². The molecule has 128 valence electrons. The number of oxazole rings is 1. The number of rotatable bonds is 4. The van der Waals surface area contributed by atoms with E-state index in [1.54, 1.807) is 6.26 Å². The average Bonchev–Trinajstić information content (AvgIpc) is 3.18. The van der Waals surface area contributed by atoms with Gasteiger partial charge < -0.3 is 28.3 Å². The maximum absolute atomic E-state index is 6.15. The van der Waals surface area contributed by atoms with Crippen LogP contribution in [0.2, 0.25) is 0 Å². The standard InChI is InChI=1S/C17H19NO5S/c1-17(2)22-14-13(19-8-10-6-4-3-5-7-10)12(21-15(14)23-17)11-9-20-16(24)18-11/h3-7,9,12-15H,8H2,1-2H3,(H,18,24)/t12-,13+,14-,15-/m1/s1. The number of hydrogen-bond donors (Lipinski definition) is 1. The molecule has 0 aliphatic carbocycles.